The van der Waals surface area contributed by atoms with E-state index in [4.69, 9.17) is 4.74 Å². The van der Waals surface area contributed by atoms with E-state index in [0.29, 0.717) is 10.2 Å². The maximum atomic E-state index is 10.2. The highest BCUT2D eigenvalue weighted by Gasteiger charge is 2.29. The number of methoxy groups -OCH3 is 1. The number of hydrogen-bond acceptors (Lipinski definition) is 5. The fourth-order valence-electron chi connectivity index (χ4n) is 2.88. The first-order valence-electron chi connectivity index (χ1n) is 7.36. The molecule has 0 radical (unpaired) electrons. The van der Waals surface area contributed by atoms with Gasteiger partial charge in [-0.15, -0.1) is 36.2 Å². The van der Waals surface area contributed by atoms with Crippen LogP contribution in [-0.4, -0.2) is 43.3 Å². The summed E-state index contributed by atoms with van der Waals surface area (Å²) in [5.41, 5.74) is 1.09. The monoisotopic (exact) mass is 532 g/mol. The van der Waals surface area contributed by atoms with E-state index in [2.05, 4.69) is 59.6 Å². The molecule has 1 atom stereocenters. The molecule has 9 heteroatoms. The number of nitrogens with one attached hydrogen (secondary N) is 1. The van der Waals surface area contributed by atoms with Gasteiger partial charge in [-0.25, -0.2) is 0 Å². The van der Waals surface area contributed by atoms with Crippen molar-refractivity contribution in [1.29, 1.82) is 0 Å². The highest BCUT2D eigenvalue weighted by Crippen LogP contribution is 2.46. The van der Waals surface area contributed by atoms with Gasteiger partial charge < -0.3 is 15.2 Å². The number of phenols is 1. The normalized spacial score (nSPS) is 15.8. The minimum Gasteiger partial charge on any atom is -0.503 e. The van der Waals surface area contributed by atoms with Gasteiger partial charge in [-0.3, -0.25) is 4.90 Å². The van der Waals surface area contributed by atoms with Gasteiger partial charge in [-0.05, 0) is 54.9 Å². The third-order valence-electron chi connectivity index (χ3n) is 4.02. The van der Waals surface area contributed by atoms with E-state index < -0.39 is 0 Å². The summed E-state index contributed by atoms with van der Waals surface area (Å²) in [6.07, 6.45) is 0. The average molecular weight is 535 g/mol. The Morgan fingerprint density at radius 1 is 1.24 bits per heavy atom. The van der Waals surface area contributed by atoms with Gasteiger partial charge in [-0.2, -0.15) is 0 Å². The van der Waals surface area contributed by atoms with Gasteiger partial charge in [0, 0.05) is 35.5 Å². The molecular formula is C16H20Br2Cl2N2O2S. The Morgan fingerprint density at radius 2 is 1.92 bits per heavy atom. The first-order chi connectivity index (χ1) is 11.1. The van der Waals surface area contributed by atoms with Crippen LogP contribution in [0.5, 0.6) is 11.5 Å². The number of aromatic hydroxyl groups is 1. The number of hydrogen-bond donors (Lipinski definition) is 2. The molecule has 1 aliphatic rings. The highest BCUT2D eigenvalue weighted by atomic mass is 79.9. The van der Waals surface area contributed by atoms with Crippen molar-refractivity contribution in [3.8, 4) is 11.5 Å². The van der Waals surface area contributed by atoms with Crippen LogP contribution in [0.15, 0.2) is 32.5 Å². The van der Waals surface area contributed by atoms with E-state index in [0.717, 1.165) is 36.2 Å². The molecule has 0 amide bonds. The first kappa shape index (κ1) is 23.0. The van der Waals surface area contributed by atoms with Crippen molar-refractivity contribution < 1.29 is 9.84 Å². The second kappa shape index (κ2) is 10.3. The smallest absolute Gasteiger partial charge is 0.173 e. The molecule has 2 aromatic rings. The van der Waals surface area contributed by atoms with Crippen LogP contribution >= 0.6 is 68.0 Å². The summed E-state index contributed by atoms with van der Waals surface area (Å²) in [7, 11) is 1.57. The molecule has 140 valence electrons. The number of benzene rings is 1. The molecule has 0 spiro atoms. The maximum Gasteiger partial charge on any atom is 0.173 e. The summed E-state index contributed by atoms with van der Waals surface area (Å²) < 4.78 is 6.84. The topological polar surface area (TPSA) is 44.7 Å². The zero-order valence-corrected chi connectivity index (χ0v) is 19.1. The second-order valence-electron chi connectivity index (χ2n) is 5.35. The minimum absolute atomic E-state index is 0. The lowest BCUT2D eigenvalue weighted by molar-refractivity contribution is 0.200. The van der Waals surface area contributed by atoms with E-state index in [1.807, 2.05) is 6.07 Å². The molecule has 2 N–H and O–H groups in total. The fourth-order valence-corrected chi connectivity index (χ4v) is 4.70. The molecule has 1 saturated heterocycles. The number of piperazine rings is 1. The second-order valence-corrected chi connectivity index (χ2v) is 7.91. The van der Waals surface area contributed by atoms with Gasteiger partial charge >= 0.3 is 0 Å². The number of nitrogens with zero attached hydrogens (tertiary/aromatic N) is 1. The molecule has 25 heavy (non-hydrogen) atoms. The lowest BCUT2D eigenvalue weighted by Crippen LogP contribution is -2.45. The van der Waals surface area contributed by atoms with Crippen molar-refractivity contribution >= 4 is 68.0 Å². The first-order valence-corrected chi connectivity index (χ1v) is 9.83. The Morgan fingerprint density at radius 3 is 2.48 bits per heavy atom. The van der Waals surface area contributed by atoms with Crippen LogP contribution in [0.4, 0.5) is 0 Å². The zero-order chi connectivity index (χ0) is 16.4. The molecule has 0 unspecified atom stereocenters. The van der Waals surface area contributed by atoms with Gasteiger partial charge in [0.15, 0.2) is 11.5 Å². The van der Waals surface area contributed by atoms with Crippen LogP contribution in [0.1, 0.15) is 16.5 Å². The van der Waals surface area contributed by atoms with E-state index in [1.165, 1.54) is 4.88 Å². The van der Waals surface area contributed by atoms with Crippen LogP contribution in [-0.2, 0) is 0 Å². The third kappa shape index (κ3) is 4.83. The molecular weight excluding hydrogens is 515 g/mol. The van der Waals surface area contributed by atoms with Crippen LogP contribution < -0.4 is 10.1 Å². The summed E-state index contributed by atoms with van der Waals surface area (Å²) >= 11 is 8.87. The van der Waals surface area contributed by atoms with Gasteiger partial charge in [0.2, 0.25) is 0 Å². The Bertz CT molecular complexity index is 683. The van der Waals surface area contributed by atoms with Gasteiger partial charge in [-0.1, -0.05) is 6.07 Å². The van der Waals surface area contributed by atoms with Crippen LogP contribution in [0.2, 0.25) is 0 Å². The van der Waals surface area contributed by atoms with Gasteiger partial charge in [0.05, 0.1) is 17.6 Å². The van der Waals surface area contributed by atoms with Crippen LogP contribution in [0.25, 0.3) is 0 Å². The Kier molecular flexibility index (Phi) is 9.53. The number of rotatable bonds is 4. The molecule has 1 aliphatic heterocycles. The molecule has 2 heterocycles. The lowest BCUT2D eigenvalue weighted by atomic mass is 10.0. The predicted octanol–water partition coefficient (Wildman–Crippen LogP) is 4.83. The molecule has 0 saturated carbocycles. The summed E-state index contributed by atoms with van der Waals surface area (Å²) in [5.74, 6) is 0.597. The van der Waals surface area contributed by atoms with Crippen molar-refractivity contribution in [2.24, 2.45) is 0 Å². The highest BCUT2D eigenvalue weighted by molar-refractivity contribution is 9.13. The minimum atomic E-state index is 0. The Hall–Kier alpha value is -0.0200. The number of thiophene rings is 1. The summed E-state index contributed by atoms with van der Waals surface area (Å²) in [5, 5.41) is 15.7. The Labute approximate surface area is 181 Å². The quantitative estimate of drug-likeness (QED) is 0.590. The van der Waals surface area contributed by atoms with Crippen LogP contribution in [0, 0.1) is 0 Å². The predicted molar refractivity (Wildman–Crippen MR) is 115 cm³/mol. The third-order valence-corrected chi connectivity index (χ3v) is 7.10. The molecule has 3 rings (SSSR count). The van der Waals surface area contributed by atoms with E-state index in [9.17, 15) is 5.11 Å². The van der Waals surface area contributed by atoms with E-state index in [1.54, 1.807) is 18.4 Å². The molecule has 0 bridgehead atoms. The molecule has 1 fully saturated rings. The summed E-state index contributed by atoms with van der Waals surface area (Å²) in [6, 6.07) is 6.31. The fraction of sp³-hybridized carbons (Fsp3) is 0.375. The molecule has 0 aliphatic carbocycles. The standard InChI is InChI=1S/C16H18Br2N2O2S.2ClH/c1-22-11-9-10(13(17)14(18)16(11)21)15(12-3-2-8-23-12)20-6-4-19-5-7-20;;/h2-3,8-9,15,19,21H,4-7H2,1H3;2*1H/t15-;;/m1../s1. The summed E-state index contributed by atoms with van der Waals surface area (Å²) in [6.45, 7) is 3.93. The van der Waals surface area contributed by atoms with E-state index >= 15 is 0 Å². The zero-order valence-electron chi connectivity index (χ0n) is 13.5. The van der Waals surface area contributed by atoms with Crippen LogP contribution in [0.3, 0.4) is 0 Å². The average Bonchev–Trinajstić information content (AvgIpc) is 3.10. The summed E-state index contributed by atoms with van der Waals surface area (Å²) in [4.78, 5) is 3.75. The number of halogens is 4. The molecule has 1 aromatic heterocycles. The lowest BCUT2D eigenvalue weighted by Gasteiger charge is -2.35. The van der Waals surface area contributed by atoms with Gasteiger partial charge in [0.25, 0.3) is 0 Å². The van der Waals surface area contributed by atoms with E-state index in [-0.39, 0.29) is 36.6 Å². The van der Waals surface area contributed by atoms with Crippen molar-refractivity contribution in [2.45, 2.75) is 6.04 Å². The molecule has 1 aromatic carbocycles. The van der Waals surface area contributed by atoms with Crippen molar-refractivity contribution in [2.75, 3.05) is 33.3 Å². The largest absolute Gasteiger partial charge is 0.503 e. The maximum absolute atomic E-state index is 10.2. The van der Waals surface area contributed by atoms with Crippen molar-refractivity contribution in [3.05, 3.63) is 43.0 Å². The number of phenolic OH excluding ortho intramolecular Hbond substituents is 1. The molecule has 4 nitrogen and oxygen atoms in total. The van der Waals surface area contributed by atoms with Crippen molar-refractivity contribution in [1.82, 2.24) is 10.2 Å². The SMILES string of the molecule is COc1cc([C@H](c2cccs2)N2CCNCC2)c(Br)c(Br)c1O.Cl.Cl. The van der Waals surface area contributed by atoms with Crippen molar-refractivity contribution in [3.63, 3.8) is 0 Å². The van der Waals surface area contributed by atoms with Gasteiger partial charge in [0.1, 0.15) is 0 Å². The number of ether oxygens (including phenoxy) is 1. The Balaban J connectivity index is 0.00000156.